The highest BCUT2D eigenvalue weighted by Gasteiger charge is 2.34. The van der Waals surface area contributed by atoms with Gasteiger partial charge in [-0.2, -0.15) is 0 Å². The minimum Gasteiger partial charge on any atom is -0.469 e. The van der Waals surface area contributed by atoms with Crippen LogP contribution in [0.5, 0.6) is 0 Å². The molecule has 3 rings (SSSR count). The molecule has 20 heavy (non-hydrogen) atoms. The first-order valence-corrected chi connectivity index (χ1v) is 8.26. The number of hydrogen-bond acceptors (Lipinski definition) is 3. The third kappa shape index (κ3) is 3.09. The van der Waals surface area contributed by atoms with Crippen molar-refractivity contribution in [2.45, 2.75) is 64.1 Å². The maximum atomic E-state index is 5.46. The Labute approximate surface area is 122 Å². The Balaban J connectivity index is 1.55. The van der Waals surface area contributed by atoms with E-state index in [1.807, 2.05) is 6.07 Å². The van der Waals surface area contributed by atoms with Gasteiger partial charge in [-0.05, 0) is 51.8 Å². The van der Waals surface area contributed by atoms with Gasteiger partial charge in [-0.1, -0.05) is 6.42 Å². The molecule has 0 spiro atoms. The second-order valence-corrected chi connectivity index (χ2v) is 6.66. The van der Waals surface area contributed by atoms with Gasteiger partial charge in [0.1, 0.15) is 5.76 Å². The van der Waals surface area contributed by atoms with E-state index >= 15 is 0 Å². The lowest BCUT2D eigenvalue weighted by atomic mass is 9.95. The Morgan fingerprint density at radius 2 is 2.25 bits per heavy atom. The summed E-state index contributed by atoms with van der Waals surface area (Å²) in [6, 6.07) is 6.24. The Kier molecular flexibility index (Phi) is 4.47. The molecule has 0 radical (unpaired) electrons. The van der Waals surface area contributed by atoms with Crippen LogP contribution < -0.4 is 0 Å². The molecule has 3 unspecified atom stereocenters. The van der Waals surface area contributed by atoms with Gasteiger partial charge in [0.15, 0.2) is 0 Å². The molecule has 112 valence electrons. The van der Waals surface area contributed by atoms with Crippen molar-refractivity contribution in [1.29, 1.82) is 0 Å². The van der Waals surface area contributed by atoms with Gasteiger partial charge in [0.2, 0.25) is 0 Å². The van der Waals surface area contributed by atoms with Crippen molar-refractivity contribution in [2.24, 2.45) is 0 Å². The third-order valence-electron chi connectivity index (χ3n) is 5.19. The summed E-state index contributed by atoms with van der Waals surface area (Å²) in [5.74, 6) is 1.13. The molecule has 0 N–H and O–H groups in total. The largest absolute Gasteiger partial charge is 0.469 e. The lowest BCUT2D eigenvalue weighted by Crippen LogP contribution is -2.60. The molecule has 0 bridgehead atoms. The Morgan fingerprint density at radius 3 is 3.05 bits per heavy atom. The number of aryl methyl sites for hydroxylation is 1. The number of furan rings is 1. The molecule has 0 aliphatic carbocycles. The summed E-state index contributed by atoms with van der Waals surface area (Å²) in [5.41, 5.74) is 0. The predicted molar refractivity (Wildman–Crippen MR) is 81.9 cm³/mol. The zero-order valence-electron chi connectivity index (χ0n) is 12.9. The lowest BCUT2D eigenvalue weighted by Gasteiger charge is -2.49. The van der Waals surface area contributed by atoms with Crippen molar-refractivity contribution in [3.8, 4) is 0 Å². The van der Waals surface area contributed by atoms with Crippen molar-refractivity contribution in [3.63, 3.8) is 0 Å². The first-order valence-electron chi connectivity index (χ1n) is 8.26. The van der Waals surface area contributed by atoms with Gasteiger partial charge >= 0.3 is 0 Å². The molecule has 2 saturated heterocycles. The highest BCUT2D eigenvalue weighted by molar-refractivity contribution is 4.99. The van der Waals surface area contributed by atoms with Crippen molar-refractivity contribution in [2.75, 3.05) is 19.6 Å². The summed E-state index contributed by atoms with van der Waals surface area (Å²) in [6.07, 6.45) is 8.26. The van der Waals surface area contributed by atoms with Gasteiger partial charge in [-0.3, -0.25) is 9.80 Å². The van der Waals surface area contributed by atoms with Gasteiger partial charge in [0, 0.05) is 37.6 Å². The second kappa shape index (κ2) is 6.31. The van der Waals surface area contributed by atoms with Crippen LogP contribution in [-0.4, -0.2) is 47.6 Å². The van der Waals surface area contributed by atoms with Crippen LogP contribution in [-0.2, 0) is 6.42 Å². The van der Waals surface area contributed by atoms with Gasteiger partial charge in [-0.25, -0.2) is 0 Å². The molecular weight excluding hydrogens is 248 g/mol. The first-order chi connectivity index (χ1) is 9.74. The van der Waals surface area contributed by atoms with Gasteiger partial charge in [0.25, 0.3) is 0 Å². The van der Waals surface area contributed by atoms with Crippen molar-refractivity contribution in [1.82, 2.24) is 9.80 Å². The van der Waals surface area contributed by atoms with Crippen LogP contribution in [0.3, 0.4) is 0 Å². The molecule has 2 fully saturated rings. The maximum Gasteiger partial charge on any atom is 0.103 e. The fraction of sp³-hybridized carbons (Fsp3) is 0.765. The number of fused-ring (bicyclic) bond motifs is 1. The summed E-state index contributed by atoms with van der Waals surface area (Å²) in [7, 11) is 0. The summed E-state index contributed by atoms with van der Waals surface area (Å²) >= 11 is 0. The average molecular weight is 276 g/mol. The van der Waals surface area contributed by atoms with Gasteiger partial charge in [-0.15, -0.1) is 0 Å². The van der Waals surface area contributed by atoms with E-state index in [-0.39, 0.29) is 0 Å². The summed E-state index contributed by atoms with van der Waals surface area (Å²) < 4.78 is 5.46. The zero-order valence-corrected chi connectivity index (χ0v) is 12.9. The van der Waals surface area contributed by atoms with E-state index in [1.165, 1.54) is 45.3 Å². The highest BCUT2D eigenvalue weighted by atomic mass is 16.3. The molecule has 1 aromatic heterocycles. The van der Waals surface area contributed by atoms with Crippen LogP contribution in [0.15, 0.2) is 22.8 Å². The maximum absolute atomic E-state index is 5.46. The van der Waals surface area contributed by atoms with E-state index in [2.05, 4.69) is 29.7 Å². The molecule has 3 atom stereocenters. The second-order valence-electron chi connectivity index (χ2n) is 6.66. The number of hydrogen-bond donors (Lipinski definition) is 0. The lowest BCUT2D eigenvalue weighted by molar-refractivity contribution is -0.00576. The Bertz CT molecular complexity index is 403. The van der Waals surface area contributed by atoms with Crippen molar-refractivity contribution < 1.29 is 4.42 Å². The predicted octanol–water partition coefficient (Wildman–Crippen LogP) is 3.16. The van der Waals surface area contributed by atoms with Crippen molar-refractivity contribution in [3.05, 3.63) is 24.2 Å². The quantitative estimate of drug-likeness (QED) is 0.842. The van der Waals surface area contributed by atoms with Crippen LogP contribution in [0.2, 0.25) is 0 Å². The molecule has 1 aromatic rings. The number of nitrogens with zero attached hydrogens (tertiary/aromatic N) is 2. The van der Waals surface area contributed by atoms with Crippen LogP contribution in [0.4, 0.5) is 0 Å². The molecule has 2 aliphatic heterocycles. The van der Waals surface area contributed by atoms with E-state index in [0.717, 1.165) is 18.2 Å². The average Bonchev–Trinajstić information content (AvgIpc) is 2.97. The van der Waals surface area contributed by atoms with Crippen LogP contribution in [0.1, 0.15) is 45.3 Å². The molecule has 3 heterocycles. The van der Waals surface area contributed by atoms with E-state index in [1.54, 1.807) is 6.26 Å². The molecule has 2 aliphatic rings. The molecule has 0 amide bonds. The molecule has 3 nitrogen and oxygen atoms in total. The van der Waals surface area contributed by atoms with Crippen LogP contribution in [0, 0.1) is 0 Å². The fourth-order valence-corrected chi connectivity index (χ4v) is 3.96. The SMILES string of the molecule is CC(CCc1ccco1)N1CC2CCCCN2CC1C. The summed E-state index contributed by atoms with van der Waals surface area (Å²) in [6.45, 7) is 8.63. The normalized spacial score (nSPS) is 30.1. The van der Waals surface area contributed by atoms with E-state index in [0.29, 0.717) is 12.1 Å². The van der Waals surface area contributed by atoms with Gasteiger partial charge < -0.3 is 4.42 Å². The Hall–Kier alpha value is -0.800. The van der Waals surface area contributed by atoms with Gasteiger partial charge in [0.05, 0.1) is 6.26 Å². The first kappa shape index (κ1) is 14.2. The molecule has 0 saturated carbocycles. The zero-order chi connectivity index (χ0) is 13.9. The minimum atomic E-state index is 0.652. The molecule has 3 heteroatoms. The number of piperazine rings is 1. The van der Waals surface area contributed by atoms with Crippen LogP contribution in [0.25, 0.3) is 0 Å². The van der Waals surface area contributed by atoms with Crippen molar-refractivity contribution >= 4 is 0 Å². The minimum absolute atomic E-state index is 0.652. The topological polar surface area (TPSA) is 19.6 Å². The number of rotatable bonds is 4. The fourth-order valence-electron chi connectivity index (χ4n) is 3.96. The number of piperidine rings is 1. The van der Waals surface area contributed by atoms with E-state index < -0.39 is 0 Å². The monoisotopic (exact) mass is 276 g/mol. The van der Waals surface area contributed by atoms with E-state index in [9.17, 15) is 0 Å². The summed E-state index contributed by atoms with van der Waals surface area (Å²) in [4.78, 5) is 5.46. The third-order valence-corrected chi connectivity index (χ3v) is 5.19. The Morgan fingerprint density at radius 1 is 1.35 bits per heavy atom. The smallest absolute Gasteiger partial charge is 0.103 e. The summed E-state index contributed by atoms with van der Waals surface area (Å²) in [5, 5.41) is 0. The highest BCUT2D eigenvalue weighted by Crippen LogP contribution is 2.26. The standard InChI is InChI=1S/C17H28N2O/c1-14(8-9-17-7-5-11-20-17)19-13-16-6-3-4-10-18(16)12-15(19)2/h5,7,11,14-16H,3-4,6,8-10,12-13H2,1-2H3. The van der Waals surface area contributed by atoms with E-state index in [4.69, 9.17) is 4.42 Å². The molecular formula is C17H28N2O. The van der Waals surface area contributed by atoms with Crippen LogP contribution >= 0.6 is 0 Å². The molecule has 0 aromatic carbocycles.